The third-order valence-corrected chi connectivity index (χ3v) is 3.86. The number of aryl methyl sites for hydroxylation is 2. The molecule has 0 aliphatic rings. The minimum Gasteiger partial charge on any atom is -0.479 e. The van der Waals surface area contributed by atoms with Crippen molar-refractivity contribution >= 4 is 28.8 Å². The number of ether oxygens (including phenoxy) is 1. The van der Waals surface area contributed by atoms with Crippen molar-refractivity contribution in [3.8, 4) is 5.75 Å². The normalized spacial score (nSPS) is 13.3. The Morgan fingerprint density at radius 3 is 2.90 bits per heavy atom. The summed E-state index contributed by atoms with van der Waals surface area (Å²) in [6, 6.07) is 5.44. The highest BCUT2D eigenvalue weighted by Gasteiger charge is 2.15. The first-order chi connectivity index (χ1) is 9.47. The summed E-state index contributed by atoms with van der Waals surface area (Å²) in [5.41, 5.74) is 1.02. The molecule has 2 aromatic rings. The first kappa shape index (κ1) is 14.8. The van der Waals surface area contributed by atoms with Gasteiger partial charge < -0.3 is 9.30 Å². The molecule has 0 unspecified atom stereocenters. The summed E-state index contributed by atoms with van der Waals surface area (Å²) in [7, 11) is 1.84. The van der Waals surface area contributed by atoms with Crippen LogP contribution in [0, 0.1) is 6.92 Å². The molecule has 0 saturated carbocycles. The summed E-state index contributed by atoms with van der Waals surface area (Å²) >= 11 is 7.45. The van der Waals surface area contributed by atoms with E-state index in [1.54, 1.807) is 23.6 Å². The second kappa shape index (κ2) is 6.24. The first-order valence-electron chi connectivity index (χ1n) is 6.09. The van der Waals surface area contributed by atoms with Crippen molar-refractivity contribution in [1.82, 2.24) is 4.57 Å². The van der Waals surface area contributed by atoms with Gasteiger partial charge in [0.1, 0.15) is 5.75 Å². The number of carbonyl (C=O) groups is 1. The number of amides is 1. The predicted octanol–water partition coefficient (Wildman–Crippen LogP) is 2.94. The zero-order valence-electron chi connectivity index (χ0n) is 11.5. The molecule has 20 heavy (non-hydrogen) atoms. The molecule has 0 spiro atoms. The zero-order valence-corrected chi connectivity index (χ0v) is 13.0. The third-order valence-electron chi connectivity index (χ3n) is 2.70. The van der Waals surface area contributed by atoms with E-state index in [4.69, 9.17) is 16.3 Å². The number of hydrogen-bond donors (Lipinski definition) is 0. The molecule has 1 heterocycles. The molecule has 2 rings (SSSR count). The van der Waals surface area contributed by atoms with Crippen molar-refractivity contribution in [3.05, 3.63) is 45.2 Å². The van der Waals surface area contributed by atoms with Crippen molar-refractivity contribution in [2.45, 2.75) is 20.0 Å². The first-order valence-corrected chi connectivity index (χ1v) is 7.34. The lowest BCUT2D eigenvalue weighted by Crippen LogP contribution is -2.25. The fourth-order valence-corrected chi connectivity index (χ4v) is 2.46. The number of halogens is 1. The summed E-state index contributed by atoms with van der Waals surface area (Å²) in [4.78, 5) is 16.7. The number of aromatic nitrogens is 1. The molecule has 106 valence electrons. The predicted molar refractivity (Wildman–Crippen MR) is 80.1 cm³/mol. The van der Waals surface area contributed by atoms with Crippen LogP contribution in [0.3, 0.4) is 0 Å². The smallest absolute Gasteiger partial charge is 0.289 e. The molecular formula is C14H15ClN2O2S. The second-order valence-corrected chi connectivity index (χ2v) is 5.72. The van der Waals surface area contributed by atoms with Crippen molar-refractivity contribution < 1.29 is 9.53 Å². The lowest BCUT2D eigenvalue weighted by Gasteiger charge is -2.13. The van der Waals surface area contributed by atoms with Crippen LogP contribution in [0.1, 0.15) is 12.5 Å². The zero-order chi connectivity index (χ0) is 14.7. The molecule has 0 radical (unpaired) electrons. The molecule has 0 bridgehead atoms. The molecule has 4 nitrogen and oxygen atoms in total. The lowest BCUT2D eigenvalue weighted by atomic mass is 10.2. The quantitative estimate of drug-likeness (QED) is 0.875. The molecular weight excluding hydrogens is 296 g/mol. The standard InChI is InChI=1S/C14H15ClN2O2S/c1-9-4-5-11(15)12(8-9)19-10(2)13(18)16-14-17(3)6-7-20-14/h4-8,10H,1-3H3/t10-/m0/s1. The average Bonchev–Trinajstić information content (AvgIpc) is 2.79. The Morgan fingerprint density at radius 2 is 2.25 bits per heavy atom. The van der Waals surface area contributed by atoms with Gasteiger partial charge in [-0.2, -0.15) is 4.99 Å². The maximum Gasteiger partial charge on any atom is 0.289 e. The fourth-order valence-electron chi connectivity index (χ4n) is 1.56. The van der Waals surface area contributed by atoms with Crippen molar-refractivity contribution in [2.75, 3.05) is 0 Å². The van der Waals surface area contributed by atoms with E-state index in [0.717, 1.165) is 5.56 Å². The number of carbonyl (C=O) groups excluding carboxylic acids is 1. The number of nitrogens with zero attached hydrogens (tertiary/aromatic N) is 2. The fraction of sp³-hybridized carbons (Fsp3) is 0.286. The van der Waals surface area contributed by atoms with Gasteiger partial charge in [-0.05, 0) is 31.5 Å². The van der Waals surface area contributed by atoms with Crippen LogP contribution in [-0.4, -0.2) is 16.6 Å². The van der Waals surface area contributed by atoms with Gasteiger partial charge in [-0.25, -0.2) is 0 Å². The summed E-state index contributed by atoms with van der Waals surface area (Å²) < 4.78 is 7.38. The van der Waals surface area contributed by atoms with Crippen LogP contribution in [0.4, 0.5) is 0 Å². The minimum absolute atomic E-state index is 0.333. The Bertz CT molecular complexity index is 690. The minimum atomic E-state index is -0.684. The lowest BCUT2D eigenvalue weighted by molar-refractivity contribution is -0.124. The number of benzene rings is 1. The third kappa shape index (κ3) is 3.49. The summed E-state index contributed by atoms with van der Waals surface area (Å²) in [5.74, 6) is 0.166. The Morgan fingerprint density at radius 1 is 1.50 bits per heavy atom. The average molecular weight is 311 g/mol. The number of hydrogen-bond acceptors (Lipinski definition) is 3. The van der Waals surface area contributed by atoms with Gasteiger partial charge in [-0.3, -0.25) is 4.79 Å². The van der Waals surface area contributed by atoms with Gasteiger partial charge in [0.05, 0.1) is 5.02 Å². The molecule has 1 atom stereocenters. The molecule has 1 amide bonds. The summed E-state index contributed by atoms with van der Waals surface area (Å²) in [5, 5.41) is 2.35. The Kier molecular flexibility index (Phi) is 4.62. The number of thiazole rings is 1. The van der Waals surface area contributed by atoms with Crippen LogP contribution < -0.4 is 9.54 Å². The van der Waals surface area contributed by atoms with E-state index in [0.29, 0.717) is 15.6 Å². The highest BCUT2D eigenvalue weighted by Crippen LogP contribution is 2.26. The molecule has 0 saturated heterocycles. The van der Waals surface area contributed by atoms with Gasteiger partial charge in [0, 0.05) is 18.6 Å². The highest BCUT2D eigenvalue weighted by molar-refractivity contribution is 7.07. The largest absolute Gasteiger partial charge is 0.479 e. The van der Waals surface area contributed by atoms with E-state index < -0.39 is 6.10 Å². The van der Waals surface area contributed by atoms with Gasteiger partial charge in [-0.15, -0.1) is 11.3 Å². The monoisotopic (exact) mass is 310 g/mol. The molecule has 0 aliphatic carbocycles. The summed E-state index contributed by atoms with van der Waals surface area (Å²) in [6.45, 7) is 3.60. The van der Waals surface area contributed by atoms with Crippen LogP contribution in [0.2, 0.25) is 5.02 Å². The molecule has 0 fully saturated rings. The summed E-state index contributed by atoms with van der Waals surface area (Å²) in [6.07, 6.45) is 1.16. The van der Waals surface area contributed by atoms with Crippen molar-refractivity contribution in [3.63, 3.8) is 0 Å². The van der Waals surface area contributed by atoms with Crippen molar-refractivity contribution in [2.24, 2.45) is 12.0 Å². The number of rotatable bonds is 3. The van der Waals surface area contributed by atoms with Crippen LogP contribution in [0.15, 0.2) is 34.8 Å². The topological polar surface area (TPSA) is 43.6 Å². The molecule has 1 aromatic heterocycles. The van der Waals surface area contributed by atoms with Gasteiger partial charge in [0.15, 0.2) is 10.9 Å². The molecule has 1 aromatic carbocycles. The maximum absolute atomic E-state index is 12.0. The van der Waals surface area contributed by atoms with Gasteiger partial charge >= 0.3 is 0 Å². The van der Waals surface area contributed by atoms with Crippen LogP contribution in [-0.2, 0) is 11.8 Å². The maximum atomic E-state index is 12.0. The van der Waals surface area contributed by atoms with Gasteiger partial charge in [0.25, 0.3) is 5.91 Å². The Hall–Kier alpha value is -1.59. The van der Waals surface area contributed by atoms with E-state index in [2.05, 4.69) is 4.99 Å². The van der Waals surface area contributed by atoms with E-state index in [1.165, 1.54) is 11.3 Å². The van der Waals surface area contributed by atoms with Crippen LogP contribution in [0.5, 0.6) is 5.75 Å². The second-order valence-electron chi connectivity index (χ2n) is 4.44. The van der Waals surface area contributed by atoms with E-state index in [1.807, 2.05) is 31.6 Å². The van der Waals surface area contributed by atoms with Gasteiger partial charge in [-0.1, -0.05) is 17.7 Å². The molecule has 0 N–H and O–H groups in total. The van der Waals surface area contributed by atoms with E-state index in [9.17, 15) is 4.79 Å². The van der Waals surface area contributed by atoms with Crippen LogP contribution in [0.25, 0.3) is 0 Å². The molecule has 0 aliphatic heterocycles. The SMILES string of the molecule is Cc1ccc(Cl)c(O[C@@H](C)C(=O)N=c2sccn2C)c1. The highest BCUT2D eigenvalue weighted by atomic mass is 35.5. The van der Waals surface area contributed by atoms with E-state index in [-0.39, 0.29) is 5.91 Å². The van der Waals surface area contributed by atoms with E-state index >= 15 is 0 Å². The van der Waals surface area contributed by atoms with Gasteiger partial charge in [0.2, 0.25) is 0 Å². The molecule has 6 heteroatoms. The van der Waals surface area contributed by atoms with Crippen molar-refractivity contribution in [1.29, 1.82) is 0 Å². The Balaban J connectivity index is 2.16. The van der Waals surface area contributed by atoms with Crippen LogP contribution >= 0.6 is 22.9 Å². The Labute approximate surface area is 126 Å².